The second kappa shape index (κ2) is 3.10. The number of nitrogens with one attached hydrogen (secondary N) is 2. The van der Waals surface area contributed by atoms with E-state index >= 15 is 0 Å². The Morgan fingerprint density at radius 3 is 2.76 bits per heavy atom. The van der Waals surface area contributed by atoms with Crippen LogP contribution in [0.2, 0.25) is 0 Å². The van der Waals surface area contributed by atoms with Gasteiger partial charge in [0.15, 0.2) is 0 Å². The van der Waals surface area contributed by atoms with Gasteiger partial charge in [0.25, 0.3) is 0 Å². The number of carbonyl (C=O) groups is 1. The lowest BCUT2D eigenvalue weighted by atomic mass is 9.74. The summed E-state index contributed by atoms with van der Waals surface area (Å²) < 4.78 is 0. The Bertz CT molecular complexity index is 499. The molecule has 2 N–H and O–H groups in total. The largest absolute Gasteiger partial charge is 0.366 e. The van der Waals surface area contributed by atoms with Crippen LogP contribution < -0.4 is 10.6 Å². The van der Waals surface area contributed by atoms with E-state index in [-0.39, 0.29) is 22.9 Å². The minimum atomic E-state index is -0.215. The van der Waals surface area contributed by atoms with Crippen LogP contribution in [0.25, 0.3) is 0 Å². The van der Waals surface area contributed by atoms with Crippen LogP contribution in [0, 0.1) is 0 Å². The molecule has 0 amide bonds. The van der Waals surface area contributed by atoms with E-state index in [0.717, 1.165) is 6.42 Å². The van der Waals surface area contributed by atoms with E-state index in [2.05, 4.69) is 42.7 Å². The zero-order valence-electron chi connectivity index (χ0n) is 10.5. The molecule has 0 radical (unpaired) electrons. The van der Waals surface area contributed by atoms with E-state index in [1.165, 1.54) is 11.3 Å². The summed E-state index contributed by atoms with van der Waals surface area (Å²) in [5.41, 5.74) is 2.28. The number of benzene rings is 1. The van der Waals surface area contributed by atoms with Crippen molar-refractivity contribution in [2.24, 2.45) is 0 Å². The maximum Gasteiger partial charge on any atom is 0.146 e. The van der Waals surface area contributed by atoms with Gasteiger partial charge in [0.05, 0.1) is 11.7 Å². The van der Waals surface area contributed by atoms with Gasteiger partial charge in [-0.3, -0.25) is 10.1 Å². The third-order valence-electron chi connectivity index (χ3n) is 4.58. The van der Waals surface area contributed by atoms with E-state index in [0.29, 0.717) is 0 Å². The average molecular weight is 230 g/mol. The van der Waals surface area contributed by atoms with Gasteiger partial charge in [0.2, 0.25) is 0 Å². The van der Waals surface area contributed by atoms with Crippen LogP contribution in [0.4, 0.5) is 5.69 Å². The quantitative estimate of drug-likeness (QED) is 0.775. The number of fused-ring (bicyclic) bond motifs is 3. The van der Waals surface area contributed by atoms with Crippen molar-refractivity contribution in [1.82, 2.24) is 5.32 Å². The first-order chi connectivity index (χ1) is 7.96. The molecule has 0 saturated carbocycles. The monoisotopic (exact) mass is 230 g/mol. The summed E-state index contributed by atoms with van der Waals surface area (Å²) in [7, 11) is 0. The number of Topliss-reactive ketones (excluding diaryl/α,β-unsaturated/α-hetero) is 1. The Morgan fingerprint density at radius 1 is 1.35 bits per heavy atom. The van der Waals surface area contributed by atoms with E-state index in [4.69, 9.17) is 0 Å². The van der Waals surface area contributed by atoms with Gasteiger partial charge in [-0.1, -0.05) is 25.1 Å². The molecule has 17 heavy (non-hydrogen) atoms. The fraction of sp³-hybridized carbons (Fsp3) is 0.500. The van der Waals surface area contributed by atoms with Gasteiger partial charge in [0, 0.05) is 11.1 Å². The molecule has 3 atom stereocenters. The normalized spacial score (nSPS) is 38.4. The molecule has 0 unspecified atom stereocenters. The molecule has 1 aromatic rings. The smallest absolute Gasteiger partial charge is 0.146 e. The van der Waals surface area contributed by atoms with Crippen LogP contribution in [-0.2, 0) is 10.2 Å². The average Bonchev–Trinajstić information content (AvgIpc) is 2.63. The van der Waals surface area contributed by atoms with Crippen molar-refractivity contribution in [1.29, 1.82) is 0 Å². The topological polar surface area (TPSA) is 41.1 Å². The summed E-state index contributed by atoms with van der Waals surface area (Å²) in [6.07, 6.45) is 0.864. The lowest BCUT2D eigenvalue weighted by Crippen LogP contribution is -2.53. The van der Waals surface area contributed by atoms with Gasteiger partial charge in [0.1, 0.15) is 5.78 Å². The van der Waals surface area contributed by atoms with Crippen molar-refractivity contribution in [2.75, 3.05) is 5.32 Å². The maximum absolute atomic E-state index is 11.6. The molecule has 1 saturated heterocycles. The van der Waals surface area contributed by atoms with Crippen LogP contribution >= 0.6 is 0 Å². The Labute approximate surface area is 102 Å². The van der Waals surface area contributed by atoms with Gasteiger partial charge in [-0.2, -0.15) is 0 Å². The summed E-state index contributed by atoms with van der Waals surface area (Å²) in [5.74, 6) is 0.223. The molecule has 2 heterocycles. The lowest BCUT2D eigenvalue weighted by Gasteiger charge is -2.34. The number of anilines is 1. The molecular weight excluding hydrogens is 212 g/mol. The standard InChI is InChI=1S/C14H18N2O/c1-9(17)12-8-13(2)10-6-4-5-7-11(10)15-14(13,3)16-12/h4-7,12,15-16H,8H2,1-3H3/t12-,13-,14-/m0/s1. The number of hydrogen-bond donors (Lipinski definition) is 2. The Balaban J connectivity index is 2.09. The molecular formula is C14H18N2O. The maximum atomic E-state index is 11.6. The molecule has 2 aliphatic heterocycles. The fourth-order valence-corrected chi connectivity index (χ4v) is 3.31. The Morgan fingerprint density at radius 2 is 2.06 bits per heavy atom. The predicted octanol–water partition coefficient (Wildman–Crippen LogP) is 2.04. The van der Waals surface area contributed by atoms with Crippen molar-refractivity contribution >= 4 is 11.5 Å². The Hall–Kier alpha value is -1.35. The van der Waals surface area contributed by atoms with E-state index in [1.54, 1.807) is 6.92 Å². The van der Waals surface area contributed by atoms with Gasteiger partial charge < -0.3 is 5.32 Å². The van der Waals surface area contributed by atoms with E-state index < -0.39 is 0 Å². The van der Waals surface area contributed by atoms with Crippen LogP contribution in [-0.4, -0.2) is 17.5 Å². The molecule has 0 spiro atoms. The first-order valence-corrected chi connectivity index (χ1v) is 6.12. The third kappa shape index (κ3) is 1.23. The molecule has 3 nitrogen and oxygen atoms in total. The summed E-state index contributed by atoms with van der Waals surface area (Å²) in [5, 5.41) is 6.99. The summed E-state index contributed by atoms with van der Waals surface area (Å²) in [4.78, 5) is 11.6. The molecule has 90 valence electrons. The van der Waals surface area contributed by atoms with Crippen molar-refractivity contribution in [3.05, 3.63) is 29.8 Å². The molecule has 0 aromatic heterocycles. The summed E-state index contributed by atoms with van der Waals surface area (Å²) in [6, 6.07) is 8.35. The Kier molecular flexibility index (Phi) is 1.97. The predicted molar refractivity (Wildman–Crippen MR) is 68.0 cm³/mol. The number of rotatable bonds is 1. The van der Waals surface area contributed by atoms with E-state index in [9.17, 15) is 4.79 Å². The summed E-state index contributed by atoms with van der Waals surface area (Å²) >= 11 is 0. The van der Waals surface area contributed by atoms with Crippen molar-refractivity contribution < 1.29 is 4.79 Å². The zero-order chi connectivity index (χ0) is 12.3. The number of hydrogen-bond acceptors (Lipinski definition) is 3. The number of ketones is 1. The third-order valence-corrected chi connectivity index (χ3v) is 4.58. The second-order valence-electron chi connectivity index (χ2n) is 5.64. The zero-order valence-corrected chi connectivity index (χ0v) is 10.5. The van der Waals surface area contributed by atoms with E-state index in [1.807, 2.05) is 6.07 Å². The molecule has 2 aliphatic rings. The highest BCUT2D eigenvalue weighted by Crippen LogP contribution is 2.52. The summed E-state index contributed by atoms with van der Waals surface area (Å²) in [6.45, 7) is 6.05. The molecule has 0 bridgehead atoms. The molecule has 0 aliphatic carbocycles. The fourth-order valence-electron chi connectivity index (χ4n) is 3.31. The highest BCUT2D eigenvalue weighted by atomic mass is 16.1. The first-order valence-electron chi connectivity index (χ1n) is 6.12. The lowest BCUT2D eigenvalue weighted by molar-refractivity contribution is -0.118. The molecule has 3 heteroatoms. The van der Waals surface area contributed by atoms with Gasteiger partial charge in [-0.25, -0.2) is 0 Å². The van der Waals surface area contributed by atoms with Crippen LogP contribution in [0.15, 0.2) is 24.3 Å². The molecule has 3 rings (SSSR count). The van der Waals surface area contributed by atoms with Crippen molar-refractivity contribution in [3.63, 3.8) is 0 Å². The molecule has 1 aromatic carbocycles. The highest BCUT2D eigenvalue weighted by molar-refractivity contribution is 5.83. The van der Waals surface area contributed by atoms with Crippen LogP contribution in [0.3, 0.4) is 0 Å². The van der Waals surface area contributed by atoms with Crippen LogP contribution in [0.1, 0.15) is 32.8 Å². The first kappa shape index (κ1) is 10.8. The van der Waals surface area contributed by atoms with Crippen LogP contribution in [0.5, 0.6) is 0 Å². The van der Waals surface area contributed by atoms with Crippen molar-refractivity contribution in [2.45, 2.75) is 44.3 Å². The van der Waals surface area contributed by atoms with Gasteiger partial charge in [-0.05, 0) is 31.9 Å². The second-order valence-corrected chi connectivity index (χ2v) is 5.64. The molecule has 1 fully saturated rings. The number of carbonyl (C=O) groups excluding carboxylic acids is 1. The van der Waals surface area contributed by atoms with Gasteiger partial charge >= 0.3 is 0 Å². The van der Waals surface area contributed by atoms with Crippen molar-refractivity contribution in [3.8, 4) is 0 Å². The highest BCUT2D eigenvalue weighted by Gasteiger charge is 2.58. The van der Waals surface area contributed by atoms with Gasteiger partial charge in [-0.15, -0.1) is 0 Å². The number of para-hydroxylation sites is 1. The minimum absolute atomic E-state index is 0.0140. The SMILES string of the molecule is CC(=O)[C@@H]1C[C@@]2(C)c3ccccc3N[C@@]2(C)N1. The minimum Gasteiger partial charge on any atom is -0.366 e.